The zero-order chi connectivity index (χ0) is 14.0. The third kappa shape index (κ3) is 2.27. The summed E-state index contributed by atoms with van der Waals surface area (Å²) in [5.41, 5.74) is 0. The molecule has 2 atom stereocenters. The lowest BCUT2D eigenvalue weighted by Gasteiger charge is -2.41. The number of imide groups is 2. The Balaban J connectivity index is 3.18. The summed E-state index contributed by atoms with van der Waals surface area (Å²) in [7, 11) is 0. The van der Waals surface area contributed by atoms with Crippen molar-refractivity contribution in [1.82, 2.24) is 9.80 Å². The summed E-state index contributed by atoms with van der Waals surface area (Å²) in [5.74, 6) is -1.88. The maximum atomic E-state index is 12.2. The molecule has 6 nitrogen and oxygen atoms in total. The third-order valence-corrected chi connectivity index (χ3v) is 3.06. The van der Waals surface area contributed by atoms with Crippen LogP contribution in [-0.4, -0.2) is 45.5 Å². The van der Waals surface area contributed by atoms with Crippen molar-refractivity contribution in [3.05, 3.63) is 0 Å². The Bertz CT molecular complexity index is 405. The minimum Gasteiger partial charge on any atom is -0.275 e. The first-order valence-electron chi connectivity index (χ1n) is 6.00. The molecule has 100 valence electrons. The molecule has 1 fully saturated rings. The summed E-state index contributed by atoms with van der Waals surface area (Å²) < 4.78 is 0. The Kier molecular flexibility index (Phi) is 4.21. The fourth-order valence-corrected chi connectivity index (χ4v) is 2.26. The van der Waals surface area contributed by atoms with Gasteiger partial charge in [-0.1, -0.05) is 13.3 Å². The van der Waals surface area contributed by atoms with E-state index in [1.807, 2.05) is 6.92 Å². The first-order valence-corrected chi connectivity index (χ1v) is 6.00. The van der Waals surface area contributed by atoms with Crippen molar-refractivity contribution < 1.29 is 19.2 Å². The molecular weight excluding hydrogens is 236 g/mol. The minimum absolute atomic E-state index is 0.376. The fourth-order valence-electron chi connectivity index (χ4n) is 2.26. The van der Waals surface area contributed by atoms with Crippen LogP contribution in [-0.2, 0) is 19.2 Å². The highest BCUT2D eigenvalue weighted by Crippen LogP contribution is 2.21. The highest BCUT2D eigenvalue weighted by Gasteiger charge is 2.46. The zero-order valence-corrected chi connectivity index (χ0v) is 11.1. The van der Waals surface area contributed by atoms with Crippen molar-refractivity contribution >= 4 is 23.6 Å². The van der Waals surface area contributed by atoms with E-state index in [2.05, 4.69) is 0 Å². The monoisotopic (exact) mass is 254 g/mol. The summed E-state index contributed by atoms with van der Waals surface area (Å²) in [4.78, 5) is 49.1. The molecule has 1 rings (SSSR count). The second kappa shape index (κ2) is 5.29. The fraction of sp³-hybridized carbons (Fsp3) is 0.667. The van der Waals surface area contributed by atoms with Gasteiger partial charge < -0.3 is 0 Å². The predicted molar refractivity (Wildman–Crippen MR) is 63.2 cm³/mol. The van der Waals surface area contributed by atoms with Crippen LogP contribution in [0.3, 0.4) is 0 Å². The summed E-state index contributed by atoms with van der Waals surface area (Å²) in [6, 6.07) is -1.76. The van der Waals surface area contributed by atoms with E-state index in [1.165, 1.54) is 20.8 Å². The first-order chi connectivity index (χ1) is 8.32. The van der Waals surface area contributed by atoms with Gasteiger partial charge in [0.15, 0.2) is 0 Å². The number of rotatable bonds is 2. The molecule has 0 spiro atoms. The Morgan fingerprint density at radius 3 is 1.94 bits per heavy atom. The first kappa shape index (κ1) is 14.3. The van der Waals surface area contributed by atoms with Crippen LogP contribution in [0.1, 0.15) is 40.5 Å². The highest BCUT2D eigenvalue weighted by molar-refractivity contribution is 6.11. The predicted octanol–water partition coefficient (Wildman–Crippen LogP) is 0.307. The maximum Gasteiger partial charge on any atom is 0.253 e. The molecule has 1 aliphatic heterocycles. The minimum atomic E-state index is -0.910. The van der Waals surface area contributed by atoms with Gasteiger partial charge in [-0.2, -0.15) is 0 Å². The van der Waals surface area contributed by atoms with E-state index in [1.54, 1.807) is 0 Å². The number of nitrogens with zero attached hydrogens (tertiary/aromatic N) is 2. The van der Waals surface area contributed by atoms with Crippen molar-refractivity contribution in [1.29, 1.82) is 0 Å². The summed E-state index contributed by atoms with van der Waals surface area (Å²) in [6.07, 6.45) is 1.02. The Hall–Kier alpha value is -1.72. The molecule has 0 aliphatic carbocycles. The Morgan fingerprint density at radius 2 is 1.56 bits per heavy atom. The molecule has 0 bridgehead atoms. The summed E-state index contributed by atoms with van der Waals surface area (Å²) in [6.45, 7) is 5.81. The molecule has 0 radical (unpaired) electrons. The quantitative estimate of drug-likeness (QED) is 0.710. The SMILES string of the molecule is CCC[C@H]1C(=O)N(C(C)=O)[C@@H](C)C(=O)N1C(C)=O. The van der Waals surface area contributed by atoms with Gasteiger partial charge in [0.25, 0.3) is 11.8 Å². The average molecular weight is 254 g/mol. The number of amides is 4. The van der Waals surface area contributed by atoms with Gasteiger partial charge in [-0.15, -0.1) is 0 Å². The van der Waals surface area contributed by atoms with E-state index < -0.39 is 35.7 Å². The number of carbonyl (C=O) groups excluding carboxylic acids is 4. The van der Waals surface area contributed by atoms with E-state index in [0.717, 1.165) is 9.80 Å². The largest absolute Gasteiger partial charge is 0.275 e. The van der Waals surface area contributed by atoms with Crippen molar-refractivity contribution in [3.8, 4) is 0 Å². The lowest BCUT2D eigenvalue weighted by Crippen LogP contribution is -2.65. The molecular formula is C12H18N2O4. The molecule has 0 aromatic carbocycles. The van der Waals surface area contributed by atoms with Crippen molar-refractivity contribution in [2.45, 2.75) is 52.6 Å². The van der Waals surface area contributed by atoms with Gasteiger partial charge in [-0.25, -0.2) is 0 Å². The van der Waals surface area contributed by atoms with E-state index in [0.29, 0.717) is 12.8 Å². The molecule has 0 aromatic heterocycles. The molecule has 6 heteroatoms. The second-order valence-corrected chi connectivity index (χ2v) is 4.43. The molecule has 1 saturated heterocycles. The number of hydrogen-bond acceptors (Lipinski definition) is 4. The molecule has 1 aliphatic rings. The van der Waals surface area contributed by atoms with Crippen LogP contribution in [0.15, 0.2) is 0 Å². The molecule has 0 N–H and O–H groups in total. The van der Waals surface area contributed by atoms with E-state index in [4.69, 9.17) is 0 Å². The molecule has 0 saturated carbocycles. The van der Waals surface area contributed by atoms with Crippen LogP contribution >= 0.6 is 0 Å². The zero-order valence-electron chi connectivity index (χ0n) is 11.1. The van der Waals surface area contributed by atoms with Crippen LogP contribution in [0.5, 0.6) is 0 Å². The lowest BCUT2D eigenvalue weighted by atomic mass is 10.0. The van der Waals surface area contributed by atoms with Crippen LogP contribution < -0.4 is 0 Å². The van der Waals surface area contributed by atoms with Crippen LogP contribution in [0.2, 0.25) is 0 Å². The number of hydrogen-bond donors (Lipinski definition) is 0. The molecule has 0 unspecified atom stereocenters. The smallest absolute Gasteiger partial charge is 0.253 e. The van der Waals surface area contributed by atoms with Crippen molar-refractivity contribution in [2.75, 3.05) is 0 Å². The third-order valence-electron chi connectivity index (χ3n) is 3.06. The van der Waals surface area contributed by atoms with Crippen molar-refractivity contribution in [2.24, 2.45) is 0 Å². The van der Waals surface area contributed by atoms with Gasteiger partial charge >= 0.3 is 0 Å². The van der Waals surface area contributed by atoms with Crippen molar-refractivity contribution in [3.63, 3.8) is 0 Å². The molecule has 1 heterocycles. The average Bonchev–Trinajstić information content (AvgIpc) is 2.25. The van der Waals surface area contributed by atoms with Crippen LogP contribution in [0, 0.1) is 0 Å². The van der Waals surface area contributed by atoms with E-state index in [9.17, 15) is 19.2 Å². The maximum absolute atomic E-state index is 12.2. The van der Waals surface area contributed by atoms with E-state index >= 15 is 0 Å². The van der Waals surface area contributed by atoms with E-state index in [-0.39, 0.29) is 0 Å². The Labute approximate surface area is 106 Å². The van der Waals surface area contributed by atoms with Gasteiger partial charge in [0.1, 0.15) is 12.1 Å². The molecule has 0 aromatic rings. The molecule has 18 heavy (non-hydrogen) atoms. The summed E-state index contributed by atoms with van der Waals surface area (Å²) >= 11 is 0. The second-order valence-electron chi connectivity index (χ2n) is 4.43. The topological polar surface area (TPSA) is 74.8 Å². The van der Waals surface area contributed by atoms with Gasteiger partial charge in [0.05, 0.1) is 0 Å². The number of carbonyl (C=O) groups is 4. The van der Waals surface area contributed by atoms with Crippen LogP contribution in [0.25, 0.3) is 0 Å². The van der Waals surface area contributed by atoms with Gasteiger partial charge in [0.2, 0.25) is 11.8 Å². The highest BCUT2D eigenvalue weighted by atomic mass is 16.2. The Morgan fingerprint density at radius 1 is 1.06 bits per heavy atom. The summed E-state index contributed by atoms with van der Waals surface area (Å²) in [5, 5.41) is 0. The standard InChI is InChI=1S/C12H18N2O4/c1-5-6-10-12(18)13(8(3)15)7(2)11(17)14(10)9(4)16/h7,10H,5-6H2,1-4H3/t7-,10-/m0/s1. The van der Waals surface area contributed by atoms with Crippen LogP contribution in [0.4, 0.5) is 0 Å². The normalized spacial score (nSPS) is 24.4. The lowest BCUT2D eigenvalue weighted by molar-refractivity contribution is -0.170. The van der Waals surface area contributed by atoms with Gasteiger partial charge in [-0.3, -0.25) is 29.0 Å². The number of piperazine rings is 1. The molecule has 4 amide bonds. The van der Waals surface area contributed by atoms with Gasteiger partial charge in [-0.05, 0) is 13.3 Å². The van der Waals surface area contributed by atoms with Gasteiger partial charge in [0, 0.05) is 13.8 Å².